The highest BCUT2D eigenvalue weighted by atomic mass is 16.7. The third kappa shape index (κ3) is 8.84. The van der Waals surface area contributed by atoms with Crippen molar-refractivity contribution in [2.24, 2.45) is 11.8 Å². The number of aromatic hydroxyl groups is 2. The molecule has 48 heavy (non-hydrogen) atoms. The predicted molar refractivity (Wildman–Crippen MR) is 163 cm³/mol. The summed E-state index contributed by atoms with van der Waals surface area (Å²) in [6, 6.07) is 9.47. The van der Waals surface area contributed by atoms with Gasteiger partial charge >= 0.3 is 0 Å². The first kappa shape index (κ1) is 38.0. The quantitative estimate of drug-likeness (QED) is 0.0951. The highest BCUT2D eigenvalue weighted by molar-refractivity contribution is 5.43. The molecule has 0 spiro atoms. The van der Waals surface area contributed by atoms with Gasteiger partial charge in [0.2, 0.25) is 0 Å². The predicted octanol–water partition coefficient (Wildman–Crippen LogP) is -2.23. The second-order valence-electron chi connectivity index (χ2n) is 12.0. The van der Waals surface area contributed by atoms with Gasteiger partial charge in [-0.25, -0.2) is 0 Å². The number of aliphatic hydroxyl groups is 8. The van der Waals surface area contributed by atoms with Crippen LogP contribution in [0.15, 0.2) is 36.4 Å². The zero-order valence-electron chi connectivity index (χ0n) is 26.6. The van der Waals surface area contributed by atoms with Crippen LogP contribution < -0.4 is 9.47 Å². The fraction of sp³-hybridized carbons (Fsp3) is 0.625. The van der Waals surface area contributed by atoms with Crippen molar-refractivity contribution in [2.45, 2.75) is 74.3 Å². The lowest BCUT2D eigenvalue weighted by atomic mass is 9.83. The Balaban J connectivity index is 1.66. The van der Waals surface area contributed by atoms with E-state index in [-0.39, 0.29) is 49.1 Å². The van der Waals surface area contributed by atoms with E-state index in [1.807, 2.05) is 0 Å². The van der Waals surface area contributed by atoms with E-state index in [0.717, 1.165) is 0 Å². The van der Waals surface area contributed by atoms with Crippen molar-refractivity contribution >= 4 is 0 Å². The van der Waals surface area contributed by atoms with E-state index in [4.69, 9.17) is 28.4 Å². The summed E-state index contributed by atoms with van der Waals surface area (Å²) in [4.78, 5) is 0. The van der Waals surface area contributed by atoms with Crippen LogP contribution in [0.4, 0.5) is 0 Å². The number of hydrogen-bond donors (Lipinski definition) is 10. The standard InChI is InChI=1S/C32H46O16/c1-43-21-9-15(3-5-19(21)35)7-17(13-45-31-29(41)27(39)25(37)23(11-33)47-31)18(8-16-4-6-20(36)22(10-16)44-2)14-46-32-30(42)28(40)26(38)24(12-34)48-32/h3-6,9-10,17-18,23-42H,7-8,11-14H2,1-2H3/t17-,18-,23-,24-,25-,26-,27+,28+,29-,30-,31-,32+/m1/s1. The Bertz CT molecular complexity index is 1200. The molecule has 2 saturated heterocycles. The molecule has 16 nitrogen and oxygen atoms in total. The summed E-state index contributed by atoms with van der Waals surface area (Å²) in [6.45, 7) is -1.63. The van der Waals surface area contributed by atoms with Crippen LogP contribution in [0.2, 0.25) is 0 Å². The lowest BCUT2D eigenvalue weighted by Gasteiger charge is -2.41. The van der Waals surface area contributed by atoms with E-state index in [9.17, 15) is 51.1 Å². The summed E-state index contributed by atoms with van der Waals surface area (Å²) in [5, 5.41) is 102. The van der Waals surface area contributed by atoms with Gasteiger partial charge in [-0.2, -0.15) is 0 Å². The Kier molecular flexibility index (Phi) is 13.6. The van der Waals surface area contributed by atoms with E-state index >= 15 is 0 Å². The molecule has 10 N–H and O–H groups in total. The zero-order chi connectivity index (χ0) is 35.1. The lowest BCUT2D eigenvalue weighted by Crippen LogP contribution is -2.59. The van der Waals surface area contributed by atoms with Crippen molar-refractivity contribution in [1.29, 1.82) is 0 Å². The first-order valence-electron chi connectivity index (χ1n) is 15.5. The van der Waals surface area contributed by atoms with Crippen molar-refractivity contribution in [3.8, 4) is 23.0 Å². The van der Waals surface area contributed by atoms with Crippen LogP contribution in [0.1, 0.15) is 11.1 Å². The molecule has 0 unspecified atom stereocenters. The normalized spacial score (nSPS) is 32.0. The smallest absolute Gasteiger partial charge is 0.186 e. The van der Waals surface area contributed by atoms with Crippen molar-refractivity contribution < 1.29 is 79.5 Å². The van der Waals surface area contributed by atoms with Gasteiger partial charge in [0, 0.05) is 0 Å². The highest BCUT2D eigenvalue weighted by Gasteiger charge is 2.46. The third-order valence-corrected chi connectivity index (χ3v) is 8.80. The van der Waals surface area contributed by atoms with Gasteiger partial charge in [-0.05, 0) is 60.1 Å². The average Bonchev–Trinajstić information content (AvgIpc) is 3.09. The maximum absolute atomic E-state index is 10.6. The minimum Gasteiger partial charge on any atom is -0.504 e. The van der Waals surface area contributed by atoms with Crippen LogP contribution in [0.25, 0.3) is 0 Å². The molecule has 12 atom stereocenters. The van der Waals surface area contributed by atoms with Crippen molar-refractivity contribution in [2.75, 3.05) is 40.6 Å². The van der Waals surface area contributed by atoms with Gasteiger partial charge in [0.25, 0.3) is 0 Å². The van der Waals surface area contributed by atoms with Crippen molar-refractivity contribution in [3.63, 3.8) is 0 Å². The molecule has 2 aliphatic heterocycles. The Hall–Kier alpha value is -2.84. The molecule has 0 saturated carbocycles. The van der Waals surface area contributed by atoms with Gasteiger partial charge in [0.05, 0.1) is 40.6 Å². The van der Waals surface area contributed by atoms with Gasteiger partial charge in [-0.15, -0.1) is 0 Å². The van der Waals surface area contributed by atoms with E-state index in [1.165, 1.54) is 26.4 Å². The van der Waals surface area contributed by atoms with E-state index < -0.39 is 86.5 Å². The molecule has 0 bridgehead atoms. The van der Waals surface area contributed by atoms with Crippen molar-refractivity contribution in [1.82, 2.24) is 0 Å². The molecule has 2 aliphatic rings. The van der Waals surface area contributed by atoms with E-state index in [2.05, 4.69) is 0 Å². The largest absolute Gasteiger partial charge is 0.504 e. The molecular weight excluding hydrogens is 640 g/mol. The number of ether oxygens (including phenoxy) is 6. The second kappa shape index (κ2) is 17.2. The first-order valence-corrected chi connectivity index (χ1v) is 15.5. The topological polar surface area (TPSA) is 258 Å². The molecule has 2 aromatic rings. The van der Waals surface area contributed by atoms with Crippen LogP contribution in [0.3, 0.4) is 0 Å². The molecule has 0 radical (unpaired) electrons. The van der Waals surface area contributed by atoms with Crippen LogP contribution in [0, 0.1) is 11.8 Å². The molecular formula is C32H46O16. The van der Waals surface area contributed by atoms with Gasteiger partial charge in [-0.1, -0.05) is 12.1 Å². The fourth-order valence-corrected chi connectivity index (χ4v) is 5.87. The van der Waals surface area contributed by atoms with E-state index in [1.54, 1.807) is 24.3 Å². The summed E-state index contributed by atoms with van der Waals surface area (Å²) >= 11 is 0. The minimum atomic E-state index is -1.67. The number of hydrogen-bond acceptors (Lipinski definition) is 16. The van der Waals surface area contributed by atoms with Crippen LogP contribution in [-0.2, 0) is 31.8 Å². The zero-order valence-corrected chi connectivity index (χ0v) is 26.6. The maximum atomic E-state index is 10.6. The number of benzene rings is 2. The molecule has 16 heteroatoms. The molecule has 270 valence electrons. The summed E-state index contributed by atoms with van der Waals surface area (Å²) in [7, 11) is 2.79. The highest BCUT2D eigenvalue weighted by Crippen LogP contribution is 2.34. The number of aliphatic hydroxyl groups excluding tert-OH is 8. The summed E-state index contributed by atoms with van der Waals surface area (Å²) in [6.07, 6.45) is -14.7. The van der Waals surface area contributed by atoms with Crippen molar-refractivity contribution in [3.05, 3.63) is 47.5 Å². The maximum Gasteiger partial charge on any atom is 0.186 e. The molecule has 2 fully saturated rings. The summed E-state index contributed by atoms with van der Waals surface area (Å²) < 4.78 is 33.6. The Morgan fingerprint density at radius 1 is 0.583 bits per heavy atom. The van der Waals surface area contributed by atoms with Gasteiger partial charge in [0.15, 0.2) is 35.6 Å². The first-order chi connectivity index (χ1) is 22.9. The second-order valence-corrected chi connectivity index (χ2v) is 12.0. The number of phenolic OH excluding ortho intramolecular Hbond substituents is 2. The molecule has 2 heterocycles. The third-order valence-electron chi connectivity index (χ3n) is 8.80. The molecule has 0 amide bonds. The fourth-order valence-electron chi connectivity index (χ4n) is 5.87. The Morgan fingerprint density at radius 3 is 1.29 bits per heavy atom. The molecule has 4 rings (SSSR count). The van der Waals surface area contributed by atoms with Gasteiger partial charge < -0.3 is 79.5 Å². The van der Waals surface area contributed by atoms with Gasteiger partial charge in [0.1, 0.15) is 48.8 Å². The Morgan fingerprint density at radius 2 is 0.958 bits per heavy atom. The molecule has 0 aliphatic carbocycles. The number of phenols is 2. The Labute approximate surface area is 276 Å². The van der Waals surface area contributed by atoms with Crippen LogP contribution in [0.5, 0.6) is 23.0 Å². The van der Waals surface area contributed by atoms with E-state index in [0.29, 0.717) is 11.1 Å². The van der Waals surface area contributed by atoms with Crippen LogP contribution in [-0.4, -0.2) is 153 Å². The lowest BCUT2D eigenvalue weighted by molar-refractivity contribution is -0.308. The monoisotopic (exact) mass is 686 g/mol. The van der Waals surface area contributed by atoms with Crippen LogP contribution >= 0.6 is 0 Å². The SMILES string of the molecule is COc1cc(C[C@H](CO[C@@H]2O[C@H](CO)[C@@H](O)[C@H](O)[C@H]2O)[C@@H](CO[C@H]2O[C@H](CO)[C@@H](O)[C@H](O)[C@H]2O)Cc2ccc(O)c(OC)c2)ccc1O. The van der Waals surface area contributed by atoms with Gasteiger partial charge in [-0.3, -0.25) is 0 Å². The minimum absolute atomic E-state index is 0.0888. The summed E-state index contributed by atoms with van der Waals surface area (Å²) in [5.41, 5.74) is 1.38. The summed E-state index contributed by atoms with van der Waals surface area (Å²) in [5.74, 6) is -0.854. The molecule has 2 aromatic carbocycles. The number of rotatable bonds is 15. The number of methoxy groups -OCH3 is 2. The average molecular weight is 687 g/mol. The molecule has 0 aromatic heterocycles.